The van der Waals surface area contributed by atoms with Gasteiger partial charge < -0.3 is 5.32 Å². The first-order valence-corrected chi connectivity index (χ1v) is 9.09. The molecule has 0 aliphatic heterocycles. The first kappa shape index (κ1) is 17.1. The van der Waals surface area contributed by atoms with Crippen LogP contribution < -0.4 is 5.32 Å². The number of hydrogen-bond acceptors (Lipinski definition) is 1. The third kappa shape index (κ3) is 4.61. The predicted molar refractivity (Wildman–Crippen MR) is 93.2 cm³/mol. The fourth-order valence-electron chi connectivity index (χ4n) is 3.70. The van der Waals surface area contributed by atoms with Crippen molar-refractivity contribution in [2.75, 3.05) is 6.54 Å². The molecule has 2 rings (SSSR count). The second-order valence-corrected chi connectivity index (χ2v) is 7.09. The van der Waals surface area contributed by atoms with Crippen molar-refractivity contribution in [3.63, 3.8) is 0 Å². The van der Waals surface area contributed by atoms with Crippen LogP contribution in [0.1, 0.15) is 64.0 Å². The summed E-state index contributed by atoms with van der Waals surface area (Å²) in [6.07, 6.45) is 8.11. The van der Waals surface area contributed by atoms with Gasteiger partial charge in [-0.25, -0.2) is 0 Å². The van der Waals surface area contributed by atoms with E-state index in [0.717, 1.165) is 18.4 Å². The number of halogens is 2. The molecule has 1 N–H and O–H groups in total. The molecule has 1 aromatic carbocycles. The molecule has 1 aliphatic carbocycles. The molecule has 0 aromatic heterocycles. The topological polar surface area (TPSA) is 12.0 Å². The van der Waals surface area contributed by atoms with E-state index in [9.17, 15) is 0 Å². The lowest BCUT2D eigenvalue weighted by Gasteiger charge is -2.34. The number of benzene rings is 1. The Bertz CT molecular complexity index is 439. The Kier molecular flexibility index (Phi) is 6.85. The molecule has 0 spiro atoms. The van der Waals surface area contributed by atoms with Gasteiger partial charge in [-0.05, 0) is 48.9 Å². The summed E-state index contributed by atoms with van der Waals surface area (Å²) >= 11 is 12.3. The van der Waals surface area contributed by atoms with Crippen molar-refractivity contribution >= 4 is 23.2 Å². The number of hydrogen-bond donors (Lipinski definition) is 1. The Morgan fingerprint density at radius 2 is 1.81 bits per heavy atom. The normalized spacial score (nSPS) is 24.0. The quantitative estimate of drug-likeness (QED) is 0.651. The molecular weight excluding hydrogens is 301 g/mol. The van der Waals surface area contributed by atoms with Crippen molar-refractivity contribution < 1.29 is 0 Å². The van der Waals surface area contributed by atoms with Crippen molar-refractivity contribution in [2.45, 2.75) is 58.4 Å². The van der Waals surface area contributed by atoms with Crippen LogP contribution in [0.2, 0.25) is 10.0 Å². The number of nitrogens with one attached hydrogen (secondary N) is 1. The SMILES string of the molecule is CCCC1CCC(C(NCC)c2ccc(Cl)c(Cl)c2)CC1. The Balaban J connectivity index is 2.07. The van der Waals surface area contributed by atoms with E-state index in [1.165, 1.54) is 44.1 Å². The third-order valence-electron chi connectivity index (χ3n) is 4.79. The van der Waals surface area contributed by atoms with Crippen LogP contribution in [0, 0.1) is 11.8 Å². The van der Waals surface area contributed by atoms with Crippen molar-refractivity contribution in [1.82, 2.24) is 5.32 Å². The standard InChI is InChI=1S/C18H27Cl2N/c1-3-5-13-6-8-14(9-7-13)18(21-4-2)15-10-11-16(19)17(20)12-15/h10-14,18,21H,3-9H2,1-2H3. The van der Waals surface area contributed by atoms with Crippen molar-refractivity contribution in [2.24, 2.45) is 11.8 Å². The summed E-state index contributed by atoms with van der Waals surface area (Å²) in [6, 6.07) is 6.49. The molecule has 21 heavy (non-hydrogen) atoms. The first-order valence-electron chi connectivity index (χ1n) is 8.34. The number of rotatable bonds is 6. The van der Waals surface area contributed by atoms with Crippen LogP contribution in [0.5, 0.6) is 0 Å². The lowest BCUT2D eigenvalue weighted by atomic mass is 9.75. The summed E-state index contributed by atoms with van der Waals surface area (Å²) in [5.74, 6) is 1.66. The highest BCUT2D eigenvalue weighted by molar-refractivity contribution is 6.42. The minimum atomic E-state index is 0.410. The molecule has 3 heteroatoms. The molecule has 1 aromatic rings. The van der Waals surface area contributed by atoms with Crippen LogP contribution in [0.25, 0.3) is 0 Å². The second-order valence-electron chi connectivity index (χ2n) is 6.28. The van der Waals surface area contributed by atoms with E-state index in [-0.39, 0.29) is 0 Å². The van der Waals surface area contributed by atoms with Gasteiger partial charge in [0.25, 0.3) is 0 Å². The van der Waals surface area contributed by atoms with Crippen LogP contribution in [0.15, 0.2) is 18.2 Å². The van der Waals surface area contributed by atoms with E-state index in [0.29, 0.717) is 16.1 Å². The van der Waals surface area contributed by atoms with Crippen LogP contribution in [0.4, 0.5) is 0 Å². The Hall–Kier alpha value is -0.240. The molecule has 1 saturated carbocycles. The van der Waals surface area contributed by atoms with Crippen LogP contribution in [-0.2, 0) is 0 Å². The van der Waals surface area contributed by atoms with Crippen molar-refractivity contribution in [3.05, 3.63) is 33.8 Å². The van der Waals surface area contributed by atoms with Gasteiger partial charge in [-0.2, -0.15) is 0 Å². The maximum absolute atomic E-state index is 6.20. The van der Waals surface area contributed by atoms with Crippen molar-refractivity contribution in [3.8, 4) is 0 Å². The van der Waals surface area contributed by atoms with E-state index in [4.69, 9.17) is 23.2 Å². The molecule has 0 radical (unpaired) electrons. The monoisotopic (exact) mass is 327 g/mol. The molecule has 0 amide bonds. The average Bonchev–Trinajstić information content (AvgIpc) is 2.49. The van der Waals surface area contributed by atoms with E-state index in [1.54, 1.807) is 0 Å². The molecule has 0 heterocycles. The molecular formula is C18H27Cl2N. The first-order chi connectivity index (χ1) is 10.2. The summed E-state index contributed by atoms with van der Waals surface area (Å²) in [5.41, 5.74) is 1.28. The smallest absolute Gasteiger partial charge is 0.0595 e. The van der Waals surface area contributed by atoms with Gasteiger partial charge in [-0.15, -0.1) is 0 Å². The molecule has 1 aliphatic rings. The van der Waals surface area contributed by atoms with Gasteiger partial charge in [0, 0.05) is 6.04 Å². The predicted octanol–water partition coefficient (Wildman–Crippen LogP) is 6.25. The average molecular weight is 328 g/mol. The molecule has 0 saturated heterocycles. The van der Waals surface area contributed by atoms with E-state index in [2.05, 4.69) is 25.2 Å². The fraction of sp³-hybridized carbons (Fsp3) is 0.667. The van der Waals surface area contributed by atoms with Crippen LogP contribution in [0.3, 0.4) is 0 Å². The zero-order chi connectivity index (χ0) is 15.2. The lowest BCUT2D eigenvalue weighted by molar-refractivity contribution is 0.216. The summed E-state index contributed by atoms with van der Waals surface area (Å²) < 4.78 is 0. The van der Waals surface area contributed by atoms with Gasteiger partial charge in [0.15, 0.2) is 0 Å². The summed E-state index contributed by atoms with van der Waals surface area (Å²) in [5, 5.41) is 4.97. The Labute approximate surface area is 139 Å². The largest absolute Gasteiger partial charge is 0.310 e. The minimum Gasteiger partial charge on any atom is -0.310 e. The Morgan fingerprint density at radius 3 is 2.38 bits per heavy atom. The van der Waals surface area contributed by atoms with Gasteiger partial charge in [0.2, 0.25) is 0 Å². The molecule has 0 bridgehead atoms. The van der Waals surface area contributed by atoms with Gasteiger partial charge >= 0.3 is 0 Å². The third-order valence-corrected chi connectivity index (χ3v) is 5.53. The summed E-state index contributed by atoms with van der Waals surface area (Å²) in [7, 11) is 0. The highest BCUT2D eigenvalue weighted by Crippen LogP contribution is 2.39. The maximum atomic E-state index is 6.20. The molecule has 1 atom stereocenters. The molecule has 1 unspecified atom stereocenters. The zero-order valence-corrected chi connectivity index (χ0v) is 14.7. The zero-order valence-electron chi connectivity index (χ0n) is 13.2. The Morgan fingerprint density at radius 1 is 1.10 bits per heavy atom. The van der Waals surface area contributed by atoms with Gasteiger partial charge in [0.05, 0.1) is 10.0 Å². The van der Waals surface area contributed by atoms with E-state index < -0.39 is 0 Å². The van der Waals surface area contributed by atoms with Gasteiger partial charge in [0.1, 0.15) is 0 Å². The molecule has 1 fully saturated rings. The van der Waals surface area contributed by atoms with Crippen molar-refractivity contribution in [1.29, 1.82) is 0 Å². The molecule has 118 valence electrons. The summed E-state index contributed by atoms with van der Waals surface area (Å²) in [4.78, 5) is 0. The minimum absolute atomic E-state index is 0.410. The van der Waals surface area contributed by atoms with E-state index in [1.807, 2.05) is 12.1 Å². The van der Waals surface area contributed by atoms with E-state index >= 15 is 0 Å². The summed E-state index contributed by atoms with van der Waals surface area (Å²) in [6.45, 7) is 5.45. The highest BCUT2D eigenvalue weighted by Gasteiger charge is 2.28. The van der Waals surface area contributed by atoms with Crippen LogP contribution >= 0.6 is 23.2 Å². The highest BCUT2D eigenvalue weighted by atomic mass is 35.5. The lowest BCUT2D eigenvalue weighted by Crippen LogP contribution is -2.31. The van der Waals surface area contributed by atoms with Gasteiger partial charge in [-0.1, -0.05) is 68.8 Å². The fourth-order valence-corrected chi connectivity index (χ4v) is 4.01. The van der Waals surface area contributed by atoms with Crippen LogP contribution in [-0.4, -0.2) is 6.54 Å². The molecule has 1 nitrogen and oxygen atoms in total. The van der Waals surface area contributed by atoms with Gasteiger partial charge in [-0.3, -0.25) is 0 Å². The second kappa shape index (κ2) is 8.41. The maximum Gasteiger partial charge on any atom is 0.0595 e.